The van der Waals surface area contributed by atoms with Gasteiger partial charge in [0, 0.05) is 36.3 Å². The summed E-state index contributed by atoms with van der Waals surface area (Å²) in [5.74, 6) is 6.42. The highest BCUT2D eigenvalue weighted by Gasteiger charge is 1.97. The first-order chi connectivity index (χ1) is 9.42. The zero-order valence-corrected chi connectivity index (χ0v) is 10.0. The molecule has 92 valence electrons. The molecule has 0 bridgehead atoms. The highest BCUT2D eigenvalue weighted by Crippen LogP contribution is 2.07. The van der Waals surface area contributed by atoms with Crippen LogP contribution >= 0.6 is 0 Å². The van der Waals surface area contributed by atoms with E-state index >= 15 is 0 Å². The first-order valence-corrected chi connectivity index (χ1v) is 5.74. The molecule has 19 heavy (non-hydrogen) atoms. The van der Waals surface area contributed by atoms with Crippen molar-refractivity contribution in [2.75, 3.05) is 6.61 Å². The molecule has 3 rings (SSSR count). The van der Waals surface area contributed by atoms with Crippen molar-refractivity contribution in [1.29, 1.82) is 0 Å². The molecule has 0 atom stereocenters. The molecule has 5 nitrogen and oxygen atoms in total. The number of fused-ring (bicyclic) bond motifs is 1. The zero-order chi connectivity index (χ0) is 12.9. The maximum atomic E-state index is 5.46. The average molecular weight is 250 g/mol. The first-order valence-electron chi connectivity index (χ1n) is 5.74. The third-order valence-corrected chi connectivity index (χ3v) is 2.42. The van der Waals surface area contributed by atoms with Crippen LogP contribution in [0.5, 0.6) is 5.88 Å². The molecule has 3 aromatic rings. The summed E-state index contributed by atoms with van der Waals surface area (Å²) in [6.07, 6.45) is 6.91. The Balaban J connectivity index is 1.65. The van der Waals surface area contributed by atoms with Crippen molar-refractivity contribution >= 4 is 5.65 Å². The lowest BCUT2D eigenvalue weighted by atomic mass is 10.3. The monoisotopic (exact) mass is 250 g/mol. The Labute approximate surface area is 109 Å². The predicted molar refractivity (Wildman–Crippen MR) is 69.6 cm³/mol. The van der Waals surface area contributed by atoms with Gasteiger partial charge in [0.15, 0.2) is 12.3 Å². The Kier molecular flexibility index (Phi) is 3.07. The van der Waals surface area contributed by atoms with Crippen LogP contribution in [0.3, 0.4) is 0 Å². The van der Waals surface area contributed by atoms with Gasteiger partial charge in [-0.2, -0.15) is 10.1 Å². The fourth-order valence-corrected chi connectivity index (χ4v) is 1.56. The molecule has 0 aromatic carbocycles. The van der Waals surface area contributed by atoms with Crippen LogP contribution in [0.4, 0.5) is 0 Å². The number of hydrogen-bond donors (Lipinski definition) is 0. The van der Waals surface area contributed by atoms with Crippen LogP contribution in [-0.4, -0.2) is 26.2 Å². The standard InChI is InChI=1S/C14H10N4O/c1-3-12(11-15-7-1)4-2-10-19-14-6-9-18-13(17-14)5-8-16-18/h1,3,5-9,11H,10H2. The molecule has 0 fully saturated rings. The summed E-state index contributed by atoms with van der Waals surface area (Å²) in [5, 5.41) is 4.06. The van der Waals surface area contributed by atoms with Crippen molar-refractivity contribution in [2.24, 2.45) is 0 Å². The van der Waals surface area contributed by atoms with E-state index in [0.717, 1.165) is 11.2 Å². The molecule has 0 N–H and O–H groups in total. The fourth-order valence-electron chi connectivity index (χ4n) is 1.56. The first kappa shape index (κ1) is 11.2. The van der Waals surface area contributed by atoms with E-state index in [1.54, 1.807) is 35.4 Å². The molecule has 3 aromatic heterocycles. The molecule has 0 aliphatic heterocycles. The highest BCUT2D eigenvalue weighted by atomic mass is 16.5. The molecule has 0 saturated carbocycles. The van der Waals surface area contributed by atoms with E-state index in [0.29, 0.717) is 5.88 Å². The minimum atomic E-state index is 0.284. The van der Waals surface area contributed by atoms with E-state index in [-0.39, 0.29) is 6.61 Å². The van der Waals surface area contributed by atoms with Crippen molar-refractivity contribution in [3.05, 3.63) is 54.6 Å². The number of pyridine rings is 1. The van der Waals surface area contributed by atoms with E-state index in [4.69, 9.17) is 4.74 Å². The van der Waals surface area contributed by atoms with Gasteiger partial charge in [0.05, 0.1) is 6.20 Å². The molecule has 0 amide bonds. The van der Waals surface area contributed by atoms with Crippen LogP contribution in [0.2, 0.25) is 0 Å². The lowest BCUT2D eigenvalue weighted by Gasteiger charge is -2.00. The van der Waals surface area contributed by atoms with Crippen molar-refractivity contribution in [3.8, 4) is 17.7 Å². The normalized spacial score (nSPS) is 9.89. The van der Waals surface area contributed by atoms with Gasteiger partial charge >= 0.3 is 0 Å². The number of ether oxygens (including phenoxy) is 1. The van der Waals surface area contributed by atoms with E-state index in [2.05, 4.69) is 26.9 Å². The van der Waals surface area contributed by atoms with Crippen molar-refractivity contribution in [1.82, 2.24) is 19.6 Å². The van der Waals surface area contributed by atoms with Crippen LogP contribution in [0.1, 0.15) is 5.56 Å². The molecule has 0 spiro atoms. The zero-order valence-electron chi connectivity index (χ0n) is 10.0. The summed E-state index contributed by atoms with van der Waals surface area (Å²) < 4.78 is 7.13. The van der Waals surface area contributed by atoms with Gasteiger partial charge in [0.25, 0.3) is 0 Å². The summed E-state index contributed by atoms with van der Waals surface area (Å²) in [6.45, 7) is 0.284. The average Bonchev–Trinajstić information content (AvgIpc) is 2.92. The van der Waals surface area contributed by atoms with E-state index in [1.807, 2.05) is 18.2 Å². The van der Waals surface area contributed by atoms with Crippen LogP contribution in [0, 0.1) is 11.8 Å². The molecule has 0 saturated heterocycles. The summed E-state index contributed by atoms with van der Waals surface area (Å²) in [6, 6.07) is 7.32. The minimum absolute atomic E-state index is 0.284. The molecule has 0 radical (unpaired) electrons. The van der Waals surface area contributed by atoms with Crippen LogP contribution in [0.25, 0.3) is 5.65 Å². The molecule has 0 aliphatic rings. The topological polar surface area (TPSA) is 52.3 Å². The molecule has 0 unspecified atom stereocenters. The Morgan fingerprint density at radius 1 is 1.21 bits per heavy atom. The van der Waals surface area contributed by atoms with Crippen LogP contribution in [0.15, 0.2) is 49.1 Å². The highest BCUT2D eigenvalue weighted by molar-refractivity contribution is 5.38. The maximum Gasteiger partial charge on any atom is 0.217 e. The van der Waals surface area contributed by atoms with E-state index in [9.17, 15) is 0 Å². The second-order valence-corrected chi connectivity index (χ2v) is 3.73. The van der Waals surface area contributed by atoms with Crippen molar-refractivity contribution in [2.45, 2.75) is 0 Å². The van der Waals surface area contributed by atoms with E-state index < -0.39 is 0 Å². The van der Waals surface area contributed by atoms with Crippen LogP contribution < -0.4 is 4.74 Å². The van der Waals surface area contributed by atoms with Gasteiger partial charge in [0.1, 0.15) is 0 Å². The largest absolute Gasteiger partial charge is 0.464 e. The Morgan fingerprint density at radius 2 is 2.21 bits per heavy atom. The summed E-state index contributed by atoms with van der Waals surface area (Å²) in [5.41, 5.74) is 1.61. The Bertz CT molecular complexity index is 740. The second-order valence-electron chi connectivity index (χ2n) is 3.73. The SMILES string of the molecule is C(#Cc1cccnc1)COc1ccn2nccc2n1. The van der Waals surface area contributed by atoms with Crippen LogP contribution in [-0.2, 0) is 0 Å². The molecule has 3 heterocycles. The van der Waals surface area contributed by atoms with Gasteiger partial charge in [0.2, 0.25) is 5.88 Å². The third kappa shape index (κ3) is 2.69. The van der Waals surface area contributed by atoms with Crippen molar-refractivity contribution < 1.29 is 4.74 Å². The smallest absolute Gasteiger partial charge is 0.217 e. The van der Waals surface area contributed by atoms with Gasteiger partial charge in [-0.1, -0.05) is 11.8 Å². The number of hydrogen-bond acceptors (Lipinski definition) is 4. The van der Waals surface area contributed by atoms with Gasteiger partial charge in [-0.3, -0.25) is 4.98 Å². The lowest BCUT2D eigenvalue weighted by molar-refractivity contribution is 0.355. The number of rotatable bonds is 2. The van der Waals surface area contributed by atoms with Gasteiger partial charge in [-0.15, -0.1) is 0 Å². The Morgan fingerprint density at radius 3 is 3.11 bits per heavy atom. The van der Waals surface area contributed by atoms with Crippen molar-refractivity contribution in [3.63, 3.8) is 0 Å². The molecular weight excluding hydrogens is 240 g/mol. The number of nitrogens with zero attached hydrogens (tertiary/aromatic N) is 4. The summed E-state index contributed by atoms with van der Waals surface area (Å²) in [4.78, 5) is 8.26. The van der Waals surface area contributed by atoms with Gasteiger partial charge in [-0.25, -0.2) is 4.52 Å². The molecule has 0 aliphatic carbocycles. The van der Waals surface area contributed by atoms with Gasteiger partial charge < -0.3 is 4.74 Å². The fraction of sp³-hybridized carbons (Fsp3) is 0.0714. The molecule has 5 heteroatoms. The Hall–Kier alpha value is -2.87. The second kappa shape index (κ2) is 5.19. The number of aromatic nitrogens is 4. The minimum Gasteiger partial charge on any atom is -0.464 e. The third-order valence-electron chi connectivity index (χ3n) is 2.42. The summed E-state index contributed by atoms with van der Waals surface area (Å²) >= 11 is 0. The predicted octanol–water partition coefficient (Wildman–Crippen LogP) is 1.55. The lowest BCUT2D eigenvalue weighted by Crippen LogP contribution is -1.98. The quantitative estimate of drug-likeness (QED) is 0.648. The maximum absolute atomic E-state index is 5.46. The van der Waals surface area contributed by atoms with E-state index in [1.165, 1.54) is 0 Å². The summed E-state index contributed by atoms with van der Waals surface area (Å²) in [7, 11) is 0. The molecular formula is C14H10N4O. The van der Waals surface area contributed by atoms with Gasteiger partial charge in [-0.05, 0) is 12.1 Å².